The molecule has 3 heteroatoms. The minimum atomic E-state index is -0.515. The Bertz CT molecular complexity index is 407. The largest absolute Gasteiger partial charge is 0.469 e. The summed E-state index contributed by atoms with van der Waals surface area (Å²) in [5.41, 5.74) is 0. The molecule has 0 aromatic rings. The van der Waals surface area contributed by atoms with Gasteiger partial charge in [0, 0.05) is 0 Å². The molecule has 0 amide bonds. The Hall–Kier alpha value is -0.570. The third-order valence-electron chi connectivity index (χ3n) is 7.22. The number of carbonyl (C=O) groups excluding carboxylic acids is 1. The van der Waals surface area contributed by atoms with Crippen molar-refractivity contribution < 1.29 is 14.6 Å². The molecule has 1 N–H and O–H groups in total. The van der Waals surface area contributed by atoms with Crippen molar-refractivity contribution in [3.8, 4) is 0 Å². The summed E-state index contributed by atoms with van der Waals surface area (Å²) in [6.07, 6.45) is 7.22. The molecule has 0 heterocycles. The second kappa shape index (κ2) is 6.51. The first-order chi connectivity index (χ1) is 10.6. The lowest BCUT2D eigenvalue weighted by Crippen LogP contribution is -2.32. The fraction of sp³-hybridized carbons (Fsp3) is 0.947. The molecule has 8 atom stereocenters. The predicted octanol–water partition coefficient (Wildman–Crippen LogP) is 3.65. The first kappa shape index (κ1) is 16.3. The lowest BCUT2D eigenvalue weighted by atomic mass is 9.69. The van der Waals surface area contributed by atoms with Crippen molar-refractivity contribution in [1.82, 2.24) is 0 Å². The quantitative estimate of drug-likeness (QED) is 0.762. The van der Waals surface area contributed by atoms with Gasteiger partial charge in [-0.2, -0.15) is 0 Å². The van der Waals surface area contributed by atoms with E-state index in [2.05, 4.69) is 18.6 Å². The molecule has 0 aromatic heterocycles. The lowest BCUT2D eigenvalue weighted by Gasteiger charge is -2.36. The van der Waals surface area contributed by atoms with E-state index in [0.29, 0.717) is 5.92 Å². The molecule has 3 aliphatic rings. The number of fused-ring (bicyclic) bond motifs is 5. The van der Waals surface area contributed by atoms with Crippen LogP contribution in [0.5, 0.6) is 0 Å². The Labute approximate surface area is 134 Å². The topological polar surface area (TPSA) is 46.5 Å². The van der Waals surface area contributed by atoms with Crippen LogP contribution in [-0.4, -0.2) is 24.3 Å². The summed E-state index contributed by atoms with van der Waals surface area (Å²) in [6.45, 7) is 4.72. The van der Waals surface area contributed by atoms with E-state index in [4.69, 9.17) is 0 Å². The molecule has 3 aliphatic carbocycles. The van der Waals surface area contributed by atoms with Crippen LogP contribution in [0.3, 0.4) is 0 Å². The number of esters is 1. The summed E-state index contributed by atoms with van der Waals surface area (Å²) in [4.78, 5) is 11.3. The number of rotatable bonds is 6. The molecule has 0 aromatic carbocycles. The van der Waals surface area contributed by atoms with Gasteiger partial charge in [0.15, 0.2) is 0 Å². The van der Waals surface area contributed by atoms with Crippen molar-refractivity contribution >= 4 is 5.97 Å². The van der Waals surface area contributed by atoms with E-state index in [-0.39, 0.29) is 12.4 Å². The summed E-state index contributed by atoms with van der Waals surface area (Å²) in [5.74, 6) is 5.78. The highest BCUT2D eigenvalue weighted by Crippen LogP contribution is 2.66. The molecular weight excluding hydrogens is 276 g/mol. The highest BCUT2D eigenvalue weighted by molar-refractivity contribution is 5.69. The van der Waals surface area contributed by atoms with E-state index >= 15 is 0 Å². The van der Waals surface area contributed by atoms with E-state index in [1.807, 2.05) is 0 Å². The standard InChI is InChI=1S/C19H32O3/c1-4-11-6-12(5-2)19-16-9-14(18(11)19)7-13(16)8-15(20)10-17(21)22-3/h11-16,18-20H,4-10H2,1-3H3. The van der Waals surface area contributed by atoms with E-state index in [9.17, 15) is 9.90 Å². The zero-order valence-electron chi connectivity index (χ0n) is 14.3. The molecule has 0 spiro atoms. The summed E-state index contributed by atoms with van der Waals surface area (Å²) < 4.78 is 4.68. The molecule has 22 heavy (non-hydrogen) atoms. The molecule has 126 valence electrons. The Morgan fingerprint density at radius 3 is 2.41 bits per heavy atom. The number of methoxy groups -OCH3 is 1. The van der Waals surface area contributed by atoms with Crippen LogP contribution in [0.2, 0.25) is 0 Å². The molecule has 8 unspecified atom stereocenters. The van der Waals surface area contributed by atoms with Crippen molar-refractivity contribution in [3.63, 3.8) is 0 Å². The van der Waals surface area contributed by atoms with Crippen LogP contribution >= 0.6 is 0 Å². The normalized spacial score (nSPS) is 44.1. The van der Waals surface area contributed by atoms with Gasteiger partial charge >= 0.3 is 5.97 Å². The Balaban J connectivity index is 1.64. The lowest BCUT2D eigenvalue weighted by molar-refractivity contribution is -0.143. The van der Waals surface area contributed by atoms with Gasteiger partial charge in [-0.05, 0) is 67.1 Å². The van der Waals surface area contributed by atoms with Crippen molar-refractivity contribution in [2.45, 2.75) is 64.9 Å². The molecule has 3 nitrogen and oxygen atoms in total. The van der Waals surface area contributed by atoms with Gasteiger partial charge in [-0.1, -0.05) is 26.7 Å². The van der Waals surface area contributed by atoms with Crippen LogP contribution in [0.4, 0.5) is 0 Å². The average Bonchev–Trinajstić information content (AvgIpc) is 3.16. The second-order valence-electron chi connectivity index (χ2n) is 8.05. The Kier molecular flexibility index (Phi) is 4.82. The first-order valence-corrected chi connectivity index (χ1v) is 9.33. The molecule has 2 bridgehead atoms. The highest BCUT2D eigenvalue weighted by Gasteiger charge is 2.59. The average molecular weight is 308 g/mol. The van der Waals surface area contributed by atoms with Gasteiger partial charge in [0.25, 0.3) is 0 Å². The van der Waals surface area contributed by atoms with E-state index in [1.165, 1.54) is 39.2 Å². The summed E-state index contributed by atoms with van der Waals surface area (Å²) >= 11 is 0. The molecular formula is C19H32O3. The smallest absolute Gasteiger partial charge is 0.308 e. The Morgan fingerprint density at radius 1 is 1.09 bits per heavy atom. The van der Waals surface area contributed by atoms with Gasteiger partial charge in [-0.25, -0.2) is 0 Å². The van der Waals surface area contributed by atoms with Crippen LogP contribution < -0.4 is 0 Å². The fourth-order valence-corrected chi connectivity index (χ4v) is 6.51. The number of carbonyl (C=O) groups is 1. The van der Waals surface area contributed by atoms with Crippen molar-refractivity contribution in [3.05, 3.63) is 0 Å². The number of aliphatic hydroxyl groups excluding tert-OH is 1. The van der Waals surface area contributed by atoms with Gasteiger partial charge in [0.05, 0.1) is 19.6 Å². The maximum atomic E-state index is 11.3. The van der Waals surface area contributed by atoms with E-state index in [1.54, 1.807) is 0 Å². The fourth-order valence-electron chi connectivity index (χ4n) is 6.51. The minimum absolute atomic E-state index is 0.160. The van der Waals surface area contributed by atoms with Gasteiger partial charge < -0.3 is 9.84 Å². The van der Waals surface area contributed by atoms with Crippen LogP contribution in [0.25, 0.3) is 0 Å². The third kappa shape index (κ3) is 2.70. The van der Waals surface area contributed by atoms with Crippen LogP contribution in [0.15, 0.2) is 0 Å². The predicted molar refractivity (Wildman–Crippen MR) is 86.1 cm³/mol. The number of hydrogen-bond donors (Lipinski definition) is 1. The molecule has 0 aliphatic heterocycles. The maximum absolute atomic E-state index is 11.3. The minimum Gasteiger partial charge on any atom is -0.469 e. The number of ether oxygens (including phenoxy) is 1. The maximum Gasteiger partial charge on any atom is 0.308 e. The number of hydrogen-bond acceptors (Lipinski definition) is 3. The zero-order valence-corrected chi connectivity index (χ0v) is 14.3. The van der Waals surface area contributed by atoms with Crippen molar-refractivity contribution in [2.24, 2.45) is 41.4 Å². The van der Waals surface area contributed by atoms with Gasteiger partial charge in [0.2, 0.25) is 0 Å². The van der Waals surface area contributed by atoms with Gasteiger partial charge in [-0.3, -0.25) is 4.79 Å². The summed E-state index contributed by atoms with van der Waals surface area (Å²) in [7, 11) is 1.40. The molecule has 0 radical (unpaired) electrons. The monoisotopic (exact) mass is 308 g/mol. The first-order valence-electron chi connectivity index (χ1n) is 9.33. The van der Waals surface area contributed by atoms with Gasteiger partial charge in [-0.15, -0.1) is 0 Å². The van der Waals surface area contributed by atoms with Crippen molar-refractivity contribution in [1.29, 1.82) is 0 Å². The van der Waals surface area contributed by atoms with Crippen LogP contribution in [0, 0.1) is 41.4 Å². The van der Waals surface area contributed by atoms with E-state index < -0.39 is 6.10 Å². The Morgan fingerprint density at radius 2 is 1.77 bits per heavy atom. The van der Waals surface area contributed by atoms with Crippen LogP contribution in [-0.2, 0) is 9.53 Å². The zero-order chi connectivity index (χ0) is 15.9. The number of aliphatic hydroxyl groups is 1. The summed E-state index contributed by atoms with van der Waals surface area (Å²) in [6, 6.07) is 0. The molecule has 3 rings (SSSR count). The summed E-state index contributed by atoms with van der Waals surface area (Å²) in [5, 5.41) is 10.2. The van der Waals surface area contributed by atoms with Gasteiger partial charge in [0.1, 0.15) is 0 Å². The van der Waals surface area contributed by atoms with E-state index in [0.717, 1.165) is 41.9 Å². The van der Waals surface area contributed by atoms with Crippen LogP contribution in [0.1, 0.15) is 58.8 Å². The third-order valence-corrected chi connectivity index (χ3v) is 7.22. The second-order valence-corrected chi connectivity index (χ2v) is 8.05. The SMILES string of the molecule is CCC1CC(CC)C2C3CC(CC3CC(O)CC(=O)OC)C12. The van der Waals surface area contributed by atoms with Crippen molar-refractivity contribution in [2.75, 3.05) is 7.11 Å². The molecule has 3 saturated carbocycles. The highest BCUT2D eigenvalue weighted by atomic mass is 16.5. The molecule has 3 fully saturated rings. The molecule has 0 saturated heterocycles.